The van der Waals surface area contributed by atoms with Gasteiger partial charge in [0.2, 0.25) is 0 Å². The second-order valence-electron chi connectivity index (χ2n) is 22.3. The van der Waals surface area contributed by atoms with E-state index in [0.717, 1.165) is 43.9 Å². The van der Waals surface area contributed by atoms with Gasteiger partial charge in [0.05, 0.1) is 11.5 Å². The van der Waals surface area contributed by atoms with Crippen molar-refractivity contribution >= 4 is 17.6 Å². The van der Waals surface area contributed by atoms with Crippen LogP contribution >= 0.6 is 11.6 Å². The predicted molar refractivity (Wildman–Crippen MR) is 232 cm³/mol. The van der Waals surface area contributed by atoms with Gasteiger partial charge in [-0.3, -0.25) is 9.69 Å². The van der Waals surface area contributed by atoms with Crippen LogP contribution in [0, 0.1) is 68.0 Å². The Balaban J connectivity index is 1.16. The summed E-state index contributed by atoms with van der Waals surface area (Å²) in [5.41, 5.74) is 3.22. The number of aliphatic hydroxyl groups excluding tert-OH is 1. The maximum Gasteiger partial charge on any atom is 0.312 e. The maximum absolute atomic E-state index is 14.1. The van der Waals surface area contributed by atoms with E-state index in [2.05, 4.69) is 96.6 Å². The average Bonchev–Trinajstić information content (AvgIpc) is 3.56. The molecule has 0 spiro atoms. The van der Waals surface area contributed by atoms with E-state index in [1.165, 1.54) is 55.2 Å². The summed E-state index contributed by atoms with van der Waals surface area (Å²) in [7, 11) is 4.28. The van der Waals surface area contributed by atoms with E-state index in [4.69, 9.17) is 11.6 Å². The fourth-order valence-corrected chi connectivity index (χ4v) is 15.7. The Kier molecular flexibility index (Phi) is 11.9. The Morgan fingerprint density at radius 2 is 1.60 bits per heavy atom. The number of rotatable bonds is 12. The minimum atomic E-state index is -1.26. The molecular formula is C50H76ClFN2O3. The van der Waals surface area contributed by atoms with Crippen molar-refractivity contribution < 1.29 is 19.4 Å². The van der Waals surface area contributed by atoms with Crippen LogP contribution in [0.15, 0.2) is 47.6 Å². The molecule has 1 aromatic carbocycles. The maximum atomic E-state index is 14.1. The molecule has 0 bridgehead atoms. The van der Waals surface area contributed by atoms with Crippen LogP contribution < -0.4 is 0 Å². The van der Waals surface area contributed by atoms with Crippen molar-refractivity contribution in [2.75, 3.05) is 40.4 Å². The van der Waals surface area contributed by atoms with Gasteiger partial charge in [-0.05, 0) is 177 Å². The third-order valence-corrected chi connectivity index (χ3v) is 19.2. The molecule has 4 saturated carbocycles. The minimum Gasteiger partial charge on any atom is -0.481 e. The number of likely N-dealkylation sites (N-methyl/N-ethyl adjacent to an activating group) is 1. The molecule has 1 aromatic rings. The lowest BCUT2D eigenvalue weighted by Crippen LogP contribution is -2.66. The van der Waals surface area contributed by atoms with E-state index in [9.17, 15) is 19.4 Å². The molecule has 0 aromatic heterocycles. The van der Waals surface area contributed by atoms with Crippen molar-refractivity contribution in [3.8, 4) is 0 Å². The number of nitrogens with zero attached hydrogens (tertiary/aromatic N) is 2. The number of carbonyl (C=O) groups is 1. The first kappa shape index (κ1) is 43.4. The van der Waals surface area contributed by atoms with E-state index in [1.807, 2.05) is 12.1 Å². The second-order valence-corrected chi connectivity index (χ2v) is 22.7. The molecule has 5 nitrogen and oxygen atoms in total. The zero-order chi connectivity index (χ0) is 41.3. The van der Waals surface area contributed by atoms with Crippen LogP contribution in [0.2, 0.25) is 5.02 Å². The first-order valence-corrected chi connectivity index (χ1v) is 23.1. The van der Waals surface area contributed by atoms with Gasteiger partial charge in [0.1, 0.15) is 6.67 Å². The summed E-state index contributed by atoms with van der Waals surface area (Å²) in [6.45, 7) is 20.5. The topological polar surface area (TPSA) is 64.0 Å². The van der Waals surface area contributed by atoms with Crippen molar-refractivity contribution in [3.63, 3.8) is 0 Å². The molecule has 318 valence electrons. The molecule has 0 aliphatic heterocycles. The van der Waals surface area contributed by atoms with Gasteiger partial charge in [-0.25, -0.2) is 4.39 Å². The van der Waals surface area contributed by atoms with Crippen LogP contribution in [0.5, 0.6) is 0 Å². The number of aliphatic hydroxyl groups is 1. The molecule has 11 atom stereocenters. The number of fused-ring (bicyclic) bond motifs is 7. The number of halogens is 2. The number of carboxylic acid groups (broad SMARTS) is 1. The average molecular weight is 808 g/mol. The highest BCUT2D eigenvalue weighted by molar-refractivity contribution is 6.30. The molecule has 4 fully saturated rings. The van der Waals surface area contributed by atoms with Gasteiger partial charge in [-0.15, -0.1) is 0 Å². The Morgan fingerprint density at radius 1 is 0.877 bits per heavy atom. The number of benzene rings is 1. The molecule has 0 saturated heterocycles. The third kappa shape index (κ3) is 7.03. The Hall–Kier alpha value is -1.73. The predicted octanol–water partition coefficient (Wildman–Crippen LogP) is 11.5. The Labute approximate surface area is 350 Å². The number of hydrogen-bond acceptors (Lipinski definition) is 4. The number of carboxylic acids is 1. The number of allylic oxidation sites excluding steroid dienone is 4. The zero-order valence-electron chi connectivity index (χ0n) is 37.0. The van der Waals surface area contributed by atoms with E-state index < -0.39 is 18.1 Å². The van der Waals surface area contributed by atoms with Crippen LogP contribution in [-0.4, -0.2) is 72.5 Å². The summed E-state index contributed by atoms with van der Waals surface area (Å²) in [6, 6.07) is 8.26. The second kappa shape index (κ2) is 15.6. The molecule has 0 heterocycles. The Morgan fingerprint density at radius 3 is 2.21 bits per heavy atom. The van der Waals surface area contributed by atoms with Crippen LogP contribution in [-0.2, 0) is 11.3 Å². The van der Waals surface area contributed by atoms with Gasteiger partial charge in [0.15, 0.2) is 0 Å². The summed E-state index contributed by atoms with van der Waals surface area (Å²) in [5.74, 6) is 2.58. The van der Waals surface area contributed by atoms with E-state index in [0.29, 0.717) is 54.9 Å². The standard InChI is InChI=1S/C50H76ClFN2O3/c1-33(2)37-18-25-50(42(55)31-54(29-28-53(8)9)30-34-10-12-36(51)13-11-34)27-26-47(6)39(43(37)50)14-15-41-46(5)21-19-38(45(3,4)40(46)20-22-48(41,47)7)35-16-23-49(32-52,24-17-35)44(56)57/h10-13,16,19,33,37,39-43,55H,14-15,17-18,20-32H2,1-9H3,(H,56,57)/t37-,39?,40?,41?,42+,43?,46-,47+,48+,49-,50+/m0/s1. The molecule has 0 radical (unpaired) electrons. The van der Waals surface area contributed by atoms with Crippen molar-refractivity contribution in [2.45, 2.75) is 138 Å². The highest BCUT2D eigenvalue weighted by Crippen LogP contribution is 2.78. The van der Waals surface area contributed by atoms with Crippen molar-refractivity contribution in [1.82, 2.24) is 9.80 Å². The third-order valence-electron chi connectivity index (χ3n) is 18.9. The SMILES string of the molecule is CC(C)[C@@H]1CC[C@]2([C@H](O)CN(CCN(C)C)Cc3ccc(Cl)cc3)CC[C@]3(C)C(CCC4[C@@]5(C)CC=C(C6=CC[C@](CF)(C(=O)O)CC6)C(C)(C)C5CC[C@]43C)C12. The quantitative estimate of drug-likeness (QED) is 0.220. The smallest absolute Gasteiger partial charge is 0.312 e. The first-order chi connectivity index (χ1) is 26.8. The van der Waals surface area contributed by atoms with Crippen LogP contribution in [0.4, 0.5) is 4.39 Å². The largest absolute Gasteiger partial charge is 0.481 e. The van der Waals surface area contributed by atoms with Gasteiger partial charge in [0, 0.05) is 36.6 Å². The summed E-state index contributed by atoms with van der Waals surface area (Å²) in [4.78, 5) is 16.8. The van der Waals surface area contributed by atoms with Crippen molar-refractivity contribution in [3.05, 3.63) is 58.1 Å². The first-order valence-electron chi connectivity index (χ1n) is 22.8. The fraction of sp³-hybridized carbons (Fsp3) is 0.780. The molecule has 7 heteroatoms. The molecule has 0 amide bonds. The lowest BCUT2D eigenvalue weighted by molar-refractivity contribution is -0.239. The van der Waals surface area contributed by atoms with Crippen molar-refractivity contribution in [1.29, 1.82) is 0 Å². The molecule has 6 aliphatic carbocycles. The fourth-order valence-electron chi connectivity index (χ4n) is 15.5. The van der Waals surface area contributed by atoms with Gasteiger partial charge in [0.25, 0.3) is 0 Å². The van der Waals surface area contributed by atoms with Crippen LogP contribution in [0.25, 0.3) is 0 Å². The molecule has 6 aliphatic rings. The monoisotopic (exact) mass is 807 g/mol. The van der Waals surface area contributed by atoms with E-state index in [-0.39, 0.29) is 39.6 Å². The molecule has 57 heavy (non-hydrogen) atoms. The zero-order valence-corrected chi connectivity index (χ0v) is 37.7. The summed E-state index contributed by atoms with van der Waals surface area (Å²) in [6.07, 6.45) is 16.4. The highest BCUT2D eigenvalue weighted by Gasteiger charge is 2.71. The van der Waals surface area contributed by atoms with Gasteiger partial charge in [-0.2, -0.15) is 0 Å². The minimum absolute atomic E-state index is 0.0264. The summed E-state index contributed by atoms with van der Waals surface area (Å²) in [5, 5.41) is 23.4. The lowest BCUT2D eigenvalue weighted by atomic mass is 9.32. The summed E-state index contributed by atoms with van der Waals surface area (Å²) >= 11 is 6.27. The van der Waals surface area contributed by atoms with E-state index in [1.54, 1.807) is 0 Å². The molecule has 7 rings (SSSR count). The van der Waals surface area contributed by atoms with Crippen LogP contribution in [0.1, 0.15) is 131 Å². The van der Waals surface area contributed by atoms with Crippen LogP contribution in [0.3, 0.4) is 0 Å². The van der Waals surface area contributed by atoms with E-state index >= 15 is 0 Å². The Bertz CT molecular complexity index is 1710. The highest BCUT2D eigenvalue weighted by atomic mass is 35.5. The number of alkyl halides is 1. The number of hydrogen-bond donors (Lipinski definition) is 2. The number of aliphatic carboxylic acids is 1. The van der Waals surface area contributed by atoms with Crippen molar-refractivity contribution in [2.24, 2.45) is 68.0 Å². The normalized spacial score (nSPS) is 40.5. The van der Waals surface area contributed by atoms with Gasteiger partial charge >= 0.3 is 5.97 Å². The lowest BCUT2D eigenvalue weighted by Gasteiger charge is -2.73. The molecule has 2 N–H and O–H groups in total. The molecular weight excluding hydrogens is 731 g/mol. The van der Waals surface area contributed by atoms with Gasteiger partial charge in [-0.1, -0.05) is 84.4 Å². The summed E-state index contributed by atoms with van der Waals surface area (Å²) < 4.78 is 14.1. The molecule has 4 unspecified atom stereocenters. The van der Waals surface area contributed by atoms with Gasteiger partial charge < -0.3 is 15.1 Å².